The van der Waals surface area contributed by atoms with Gasteiger partial charge >= 0.3 is 0 Å². The fourth-order valence-corrected chi connectivity index (χ4v) is 5.08. The lowest BCUT2D eigenvalue weighted by molar-refractivity contribution is -0.137. The monoisotopic (exact) mass is 422 g/mol. The average Bonchev–Trinajstić information content (AvgIpc) is 3.03. The number of aryl methyl sites for hydroxylation is 1. The highest BCUT2D eigenvalue weighted by Gasteiger charge is 2.29. The van der Waals surface area contributed by atoms with Gasteiger partial charge in [-0.1, -0.05) is 25.0 Å². The van der Waals surface area contributed by atoms with Gasteiger partial charge in [0.05, 0.1) is 17.4 Å². The van der Waals surface area contributed by atoms with Crippen LogP contribution in [0.15, 0.2) is 29.1 Å². The van der Waals surface area contributed by atoms with Crippen LogP contribution in [0.2, 0.25) is 0 Å². The van der Waals surface area contributed by atoms with Crippen molar-refractivity contribution in [1.29, 1.82) is 0 Å². The fourth-order valence-electron chi connectivity index (χ4n) is 5.08. The topological polar surface area (TPSA) is 75.7 Å². The highest BCUT2D eigenvalue weighted by atomic mass is 16.2. The second-order valence-electron chi connectivity index (χ2n) is 8.92. The summed E-state index contributed by atoms with van der Waals surface area (Å²) in [5.74, 6) is 1.89. The van der Waals surface area contributed by atoms with Crippen LogP contribution in [-0.2, 0) is 18.4 Å². The summed E-state index contributed by atoms with van der Waals surface area (Å²) < 4.78 is 3.55. The van der Waals surface area contributed by atoms with Crippen LogP contribution < -0.4 is 5.56 Å². The molecule has 0 N–H and O–H groups in total. The molecule has 8 nitrogen and oxygen atoms in total. The zero-order chi connectivity index (χ0) is 21.4. The van der Waals surface area contributed by atoms with Gasteiger partial charge in [0.1, 0.15) is 0 Å². The molecule has 0 radical (unpaired) electrons. The molecule has 1 amide bonds. The number of nitrogens with zero attached hydrogens (tertiary/aromatic N) is 6. The Balaban J connectivity index is 1.32. The van der Waals surface area contributed by atoms with Crippen LogP contribution in [0.25, 0.3) is 16.7 Å². The van der Waals surface area contributed by atoms with Gasteiger partial charge in [0.2, 0.25) is 11.7 Å². The van der Waals surface area contributed by atoms with Gasteiger partial charge in [-0.2, -0.15) is 0 Å². The molecule has 0 bridgehead atoms. The van der Waals surface area contributed by atoms with Crippen LogP contribution in [0.3, 0.4) is 0 Å². The van der Waals surface area contributed by atoms with Crippen LogP contribution in [0.4, 0.5) is 0 Å². The molecule has 0 unspecified atom stereocenters. The molecule has 0 saturated carbocycles. The molecule has 5 rings (SSSR count). The number of rotatable bonds is 3. The van der Waals surface area contributed by atoms with Gasteiger partial charge in [0.25, 0.3) is 5.56 Å². The number of hydrogen-bond acceptors (Lipinski definition) is 5. The normalized spacial score (nSPS) is 19.2. The Labute approximate surface area is 181 Å². The predicted octanol–water partition coefficient (Wildman–Crippen LogP) is 2.20. The van der Waals surface area contributed by atoms with E-state index in [-0.39, 0.29) is 11.5 Å². The maximum absolute atomic E-state index is 13.0. The molecule has 3 aromatic rings. The lowest BCUT2D eigenvalue weighted by Crippen LogP contribution is -2.42. The first kappa shape index (κ1) is 20.2. The molecule has 8 heteroatoms. The molecular formula is C23H30N6O2. The van der Waals surface area contributed by atoms with Gasteiger partial charge in [-0.3, -0.25) is 23.5 Å². The third-order valence-corrected chi connectivity index (χ3v) is 6.91. The van der Waals surface area contributed by atoms with Crippen LogP contribution >= 0.6 is 0 Å². The van der Waals surface area contributed by atoms with Gasteiger partial charge in [-0.25, -0.2) is 0 Å². The van der Waals surface area contributed by atoms with E-state index in [1.807, 2.05) is 28.7 Å². The Bertz CT molecular complexity index is 1150. The first-order valence-electron chi connectivity index (χ1n) is 11.5. The van der Waals surface area contributed by atoms with E-state index in [9.17, 15) is 9.59 Å². The maximum Gasteiger partial charge on any atom is 0.262 e. The lowest BCUT2D eigenvalue weighted by Gasteiger charge is -2.33. The molecule has 164 valence electrons. The molecule has 2 fully saturated rings. The van der Waals surface area contributed by atoms with E-state index in [4.69, 9.17) is 0 Å². The van der Waals surface area contributed by atoms with E-state index in [2.05, 4.69) is 20.0 Å². The second kappa shape index (κ2) is 8.42. The summed E-state index contributed by atoms with van der Waals surface area (Å²) >= 11 is 0. The summed E-state index contributed by atoms with van der Waals surface area (Å²) in [5, 5.41) is 9.38. The Morgan fingerprint density at radius 2 is 1.71 bits per heavy atom. The average molecular weight is 423 g/mol. The molecule has 0 spiro atoms. The SMILES string of the molecule is Cn1c(=O)c2ccccc2n2c(CN3CCC(C(=O)N4CCCCCC4)CC3)nnc12. The minimum Gasteiger partial charge on any atom is -0.342 e. The van der Waals surface area contributed by atoms with Crippen LogP contribution in [-0.4, -0.2) is 61.1 Å². The molecule has 1 aromatic carbocycles. The Hall–Kier alpha value is -2.74. The summed E-state index contributed by atoms with van der Waals surface area (Å²) in [5.41, 5.74) is 0.779. The number of para-hydroxylation sites is 1. The number of fused-ring (bicyclic) bond motifs is 3. The van der Waals surface area contributed by atoms with Crippen molar-refractivity contribution in [2.45, 2.75) is 45.1 Å². The minimum atomic E-state index is -0.0603. The number of aromatic nitrogens is 4. The predicted molar refractivity (Wildman–Crippen MR) is 119 cm³/mol. The third-order valence-electron chi connectivity index (χ3n) is 6.91. The number of benzene rings is 1. The van der Waals surface area contributed by atoms with Crippen molar-refractivity contribution in [3.8, 4) is 0 Å². The second-order valence-corrected chi connectivity index (χ2v) is 8.92. The van der Waals surface area contributed by atoms with Gasteiger partial charge in [0.15, 0.2) is 5.82 Å². The molecule has 0 atom stereocenters. The van der Waals surface area contributed by atoms with Crippen LogP contribution in [0.5, 0.6) is 0 Å². The van der Waals surface area contributed by atoms with Gasteiger partial charge < -0.3 is 4.90 Å². The standard InChI is InChI=1S/C23H30N6O2/c1-26-22(31)18-8-4-5-9-19(18)29-20(24-25-23(26)29)16-27-14-10-17(11-15-27)21(30)28-12-6-2-3-7-13-28/h4-5,8-9,17H,2-3,6-7,10-16H2,1H3. The zero-order valence-electron chi connectivity index (χ0n) is 18.2. The first-order valence-corrected chi connectivity index (χ1v) is 11.5. The van der Waals surface area contributed by atoms with E-state index < -0.39 is 0 Å². The molecule has 2 saturated heterocycles. The molecule has 2 aliphatic heterocycles. The number of hydrogen-bond donors (Lipinski definition) is 0. The smallest absolute Gasteiger partial charge is 0.262 e. The van der Waals surface area contributed by atoms with E-state index in [0.717, 1.165) is 63.2 Å². The van der Waals surface area contributed by atoms with Crippen LogP contribution in [0.1, 0.15) is 44.3 Å². The Morgan fingerprint density at radius 1 is 1.00 bits per heavy atom. The van der Waals surface area contributed by atoms with E-state index in [1.54, 1.807) is 11.6 Å². The summed E-state index contributed by atoms with van der Waals surface area (Å²) in [6, 6.07) is 7.61. The quantitative estimate of drug-likeness (QED) is 0.647. The van der Waals surface area contributed by atoms with E-state index in [0.29, 0.717) is 23.6 Å². The largest absolute Gasteiger partial charge is 0.342 e. The molecule has 0 aliphatic carbocycles. The maximum atomic E-state index is 13.0. The van der Waals surface area contributed by atoms with Crippen molar-refractivity contribution in [2.24, 2.45) is 13.0 Å². The first-order chi connectivity index (χ1) is 15.1. The van der Waals surface area contributed by atoms with Crippen molar-refractivity contribution >= 4 is 22.6 Å². The number of piperidine rings is 1. The number of carbonyl (C=O) groups excluding carboxylic acids is 1. The molecule has 2 aromatic heterocycles. The zero-order valence-corrected chi connectivity index (χ0v) is 18.2. The number of likely N-dealkylation sites (tertiary alicyclic amines) is 2. The van der Waals surface area contributed by atoms with Crippen molar-refractivity contribution < 1.29 is 4.79 Å². The minimum absolute atomic E-state index is 0.0603. The fraction of sp³-hybridized carbons (Fsp3) is 0.565. The summed E-state index contributed by atoms with van der Waals surface area (Å²) in [7, 11) is 1.74. The van der Waals surface area contributed by atoms with Crippen molar-refractivity contribution in [2.75, 3.05) is 26.2 Å². The van der Waals surface area contributed by atoms with Crippen molar-refractivity contribution in [3.05, 3.63) is 40.4 Å². The molecular weight excluding hydrogens is 392 g/mol. The highest BCUT2D eigenvalue weighted by Crippen LogP contribution is 2.23. The summed E-state index contributed by atoms with van der Waals surface area (Å²) in [4.78, 5) is 30.1. The molecule has 4 heterocycles. The van der Waals surface area contributed by atoms with Gasteiger partial charge in [-0.15, -0.1) is 10.2 Å². The third kappa shape index (κ3) is 3.73. The molecule has 31 heavy (non-hydrogen) atoms. The van der Waals surface area contributed by atoms with Crippen LogP contribution in [0, 0.1) is 5.92 Å². The van der Waals surface area contributed by atoms with E-state index in [1.165, 1.54) is 12.8 Å². The Kier molecular flexibility index (Phi) is 5.48. The Morgan fingerprint density at radius 3 is 2.45 bits per heavy atom. The number of amides is 1. The summed E-state index contributed by atoms with van der Waals surface area (Å²) in [6.07, 6.45) is 6.56. The van der Waals surface area contributed by atoms with E-state index >= 15 is 0 Å². The van der Waals surface area contributed by atoms with Crippen molar-refractivity contribution in [1.82, 2.24) is 29.0 Å². The number of carbonyl (C=O) groups is 1. The molecule has 2 aliphatic rings. The van der Waals surface area contributed by atoms with Crippen molar-refractivity contribution in [3.63, 3.8) is 0 Å². The van der Waals surface area contributed by atoms with Gasteiger partial charge in [-0.05, 0) is 50.9 Å². The highest BCUT2D eigenvalue weighted by molar-refractivity contribution is 5.80. The summed E-state index contributed by atoms with van der Waals surface area (Å²) in [6.45, 7) is 4.27. The lowest BCUT2D eigenvalue weighted by atomic mass is 9.95. The van der Waals surface area contributed by atoms with Gasteiger partial charge in [0, 0.05) is 26.1 Å².